The van der Waals surface area contributed by atoms with Gasteiger partial charge in [0.05, 0.1) is 15.6 Å². The fourth-order valence-electron chi connectivity index (χ4n) is 1.74. The zero-order valence-electron chi connectivity index (χ0n) is 11.4. The molecule has 0 saturated carbocycles. The third-order valence-corrected chi connectivity index (χ3v) is 4.92. The molecule has 0 radical (unpaired) electrons. The van der Waals surface area contributed by atoms with E-state index in [1.807, 2.05) is 0 Å². The van der Waals surface area contributed by atoms with Crippen LogP contribution in [0.15, 0.2) is 41.3 Å². The molecule has 122 valence electrons. The molecule has 0 bridgehead atoms. The lowest BCUT2D eigenvalue weighted by molar-refractivity contribution is 0.0473. The Kier molecular flexibility index (Phi) is 5.54. The maximum absolute atomic E-state index is 12.1. The van der Waals surface area contributed by atoms with Gasteiger partial charge in [-0.1, -0.05) is 53.0 Å². The molecule has 5 nitrogen and oxygen atoms in total. The van der Waals surface area contributed by atoms with E-state index in [0.29, 0.717) is 10.6 Å². The minimum atomic E-state index is -4.10. The van der Waals surface area contributed by atoms with Crippen molar-refractivity contribution in [3.63, 3.8) is 0 Å². The van der Waals surface area contributed by atoms with E-state index >= 15 is 0 Å². The van der Waals surface area contributed by atoms with Gasteiger partial charge in [-0.05, 0) is 18.2 Å². The molecule has 9 heteroatoms. The number of carbonyl (C=O) groups is 1. The van der Waals surface area contributed by atoms with E-state index in [1.54, 1.807) is 24.3 Å². The first-order valence-electron chi connectivity index (χ1n) is 6.12. The number of sulfonamides is 1. The predicted octanol–water partition coefficient (Wildman–Crippen LogP) is 3.65. The molecule has 23 heavy (non-hydrogen) atoms. The number of ether oxygens (including phenoxy) is 1. The highest BCUT2D eigenvalue weighted by Gasteiger charge is 2.21. The summed E-state index contributed by atoms with van der Waals surface area (Å²) in [4.78, 5) is 11.7. The third-order valence-electron chi connectivity index (χ3n) is 2.86. The van der Waals surface area contributed by atoms with Crippen molar-refractivity contribution in [3.05, 3.63) is 62.6 Å². The van der Waals surface area contributed by atoms with E-state index in [0.717, 1.165) is 12.1 Å². The fraction of sp³-hybridized carbons (Fsp3) is 0.0714. The van der Waals surface area contributed by atoms with Gasteiger partial charge >= 0.3 is 5.97 Å². The number of hydrogen-bond donors (Lipinski definition) is 1. The molecule has 0 unspecified atom stereocenters. The Bertz CT molecular complexity index is 868. The second-order valence-corrected chi connectivity index (χ2v) is 7.23. The zero-order chi connectivity index (χ0) is 17.2. The van der Waals surface area contributed by atoms with Gasteiger partial charge in [-0.3, -0.25) is 0 Å². The van der Waals surface area contributed by atoms with E-state index in [9.17, 15) is 13.2 Å². The van der Waals surface area contributed by atoms with Crippen LogP contribution in [0.1, 0.15) is 15.9 Å². The van der Waals surface area contributed by atoms with E-state index in [1.165, 1.54) is 0 Å². The Morgan fingerprint density at radius 3 is 2.30 bits per heavy atom. The highest BCUT2D eigenvalue weighted by atomic mass is 35.5. The van der Waals surface area contributed by atoms with Gasteiger partial charge in [-0.15, -0.1) is 0 Å². The lowest BCUT2D eigenvalue weighted by Crippen LogP contribution is -2.15. The first kappa shape index (κ1) is 18.0. The molecule has 2 rings (SSSR count). The van der Waals surface area contributed by atoms with Gasteiger partial charge in [-0.25, -0.2) is 18.4 Å². The molecular weight excluding hydrogens is 385 g/mol. The van der Waals surface area contributed by atoms with Gasteiger partial charge in [-0.2, -0.15) is 0 Å². The molecule has 2 N–H and O–H groups in total. The van der Waals surface area contributed by atoms with Crippen LogP contribution in [0, 0.1) is 0 Å². The molecule has 0 atom stereocenters. The highest BCUT2D eigenvalue weighted by Crippen LogP contribution is 2.29. The molecule has 0 aliphatic rings. The molecule has 0 heterocycles. The Hall–Kier alpha value is -1.31. The molecule has 0 spiro atoms. The topological polar surface area (TPSA) is 86.5 Å². The summed E-state index contributed by atoms with van der Waals surface area (Å²) in [6.45, 7) is -0.0951. The van der Waals surface area contributed by atoms with Crippen LogP contribution in [-0.4, -0.2) is 14.4 Å². The van der Waals surface area contributed by atoms with Crippen LogP contribution in [0.3, 0.4) is 0 Å². The largest absolute Gasteiger partial charge is 0.457 e. The minimum absolute atomic E-state index is 0.0495. The van der Waals surface area contributed by atoms with Gasteiger partial charge in [0.1, 0.15) is 11.5 Å². The maximum atomic E-state index is 12.1. The van der Waals surface area contributed by atoms with E-state index in [2.05, 4.69) is 0 Å². The van der Waals surface area contributed by atoms with Crippen molar-refractivity contribution in [2.45, 2.75) is 11.5 Å². The van der Waals surface area contributed by atoms with Crippen LogP contribution in [0.25, 0.3) is 0 Å². The van der Waals surface area contributed by atoms with Crippen LogP contribution in [0.5, 0.6) is 0 Å². The number of rotatable bonds is 4. The average Bonchev–Trinajstić information content (AvgIpc) is 2.44. The average molecular weight is 395 g/mol. The summed E-state index contributed by atoms with van der Waals surface area (Å²) in [5.74, 6) is -0.823. The smallest absolute Gasteiger partial charge is 0.340 e. The highest BCUT2D eigenvalue weighted by molar-refractivity contribution is 7.89. The molecule has 0 aliphatic heterocycles. The number of halogens is 3. The first-order valence-corrected chi connectivity index (χ1v) is 8.80. The number of benzene rings is 2. The van der Waals surface area contributed by atoms with Crippen LogP contribution >= 0.6 is 34.8 Å². The Labute approximate surface area is 148 Å². The summed E-state index contributed by atoms with van der Waals surface area (Å²) in [6.07, 6.45) is 0. The van der Waals surface area contributed by atoms with Gasteiger partial charge < -0.3 is 4.74 Å². The van der Waals surface area contributed by atoms with Crippen LogP contribution in [-0.2, 0) is 21.4 Å². The summed E-state index contributed by atoms with van der Waals surface area (Å²) in [5, 5.41) is 5.24. The number of primary sulfonamides is 1. The Morgan fingerprint density at radius 2 is 1.70 bits per heavy atom. The van der Waals surface area contributed by atoms with Crippen molar-refractivity contribution in [1.82, 2.24) is 0 Å². The molecule has 0 amide bonds. The predicted molar refractivity (Wildman–Crippen MR) is 88.4 cm³/mol. The number of nitrogens with two attached hydrogens (primary N) is 1. The Balaban J connectivity index is 2.28. The molecule has 2 aromatic rings. The standard InChI is InChI=1S/C14H10Cl3NO4S/c15-10-4-2-1-3-8(10)7-22-14(19)9-5-13(23(18,20)21)12(17)6-11(9)16/h1-6H,7H2,(H2,18,20,21). The van der Waals surface area contributed by atoms with E-state index < -0.39 is 20.9 Å². The summed E-state index contributed by atoms with van der Waals surface area (Å²) >= 11 is 17.6. The SMILES string of the molecule is NS(=O)(=O)c1cc(C(=O)OCc2ccccc2Cl)c(Cl)cc1Cl. The van der Waals surface area contributed by atoms with Gasteiger partial charge in [0.2, 0.25) is 10.0 Å². The molecule has 0 saturated heterocycles. The minimum Gasteiger partial charge on any atom is -0.457 e. The third kappa shape index (κ3) is 4.37. The van der Waals surface area contributed by atoms with Crippen molar-refractivity contribution in [2.24, 2.45) is 5.14 Å². The lowest BCUT2D eigenvalue weighted by Gasteiger charge is -2.10. The fourth-order valence-corrected chi connectivity index (χ4v) is 3.33. The van der Waals surface area contributed by atoms with E-state index in [4.69, 9.17) is 44.7 Å². The molecular formula is C14H10Cl3NO4S. The number of esters is 1. The van der Waals surface area contributed by atoms with Crippen molar-refractivity contribution in [1.29, 1.82) is 0 Å². The summed E-state index contributed by atoms with van der Waals surface area (Å²) < 4.78 is 28.0. The second kappa shape index (κ2) is 7.07. The van der Waals surface area contributed by atoms with Crippen LogP contribution in [0.4, 0.5) is 0 Å². The lowest BCUT2D eigenvalue weighted by atomic mass is 10.2. The molecule has 0 aromatic heterocycles. The molecule has 0 aliphatic carbocycles. The zero-order valence-corrected chi connectivity index (χ0v) is 14.5. The summed E-state index contributed by atoms with van der Waals surface area (Å²) in [6, 6.07) is 8.92. The monoisotopic (exact) mass is 393 g/mol. The number of carbonyl (C=O) groups excluding carboxylic acids is 1. The number of hydrogen-bond acceptors (Lipinski definition) is 4. The van der Waals surface area contributed by atoms with Gasteiger partial charge in [0.15, 0.2) is 0 Å². The quantitative estimate of drug-likeness (QED) is 0.802. The van der Waals surface area contributed by atoms with Crippen molar-refractivity contribution >= 4 is 50.8 Å². The summed E-state index contributed by atoms with van der Waals surface area (Å²) in [5.41, 5.74) is 0.436. The first-order chi connectivity index (χ1) is 10.7. The maximum Gasteiger partial charge on any atom is 0.340 e. The summed E-state index contributed by atoms with van der Waals surface area (Å²) in [7, 11) is -4.10. The molecule has 2 aromatic carbocycles. The van der Waals surface area contributed by atoms with E-state index in [-0.39, 0.29) is 22.2 Å². The Morgan fingerprint density at radius 1 is 1.04 bits per heavy atom. The molecule has 0 fully saturated rings. The van der Waals surface area contributed by atoms with Crippen molar-refractivity contribution < 1.29 is 17.9 Å². The van der Waals surface area contributed by atoms with Crippen LogP contribution < -0.4 is 5.14 Å². The second-order valence-electron chi connectivity index (χ2n) is 4.48. The van der Waals surface area contributed by atoms with Crippen molar-refractivity contribution in [3.8, 4) is 0 Å². The normalized spacial score (nSPS) is 11.3. The van der Waals surface area contributed by atoms with Gasteiger partial charge in [0, 0.05) is 10.6 Å². The van der Waals surface area contributed by atoms with Crippen LogP contribution in [0.2, 0.25) is 15.1 Å². The van der Waals surface area contributed by atoms with Gasteiger partial charge in [0.25, 0.3) is 0 Å². The van der Waals surface area contributed by atoms with Crippen molar-refractivity contribution in [2.75, 3.05) is 0 Å².